The first kappa shape index (κ1) is 25.9. The highest BCUT2D eigenvalue weighted by Crippen LogP contribution is 2.37. The number of carboxylic acids is 1. The van der Waals surface area contributed by atoms with E-state index in [0.29, 0.717) is 11.1 Å². The van der Waals surface area contributed by atoms with E-state index in [9.17, 15) is 40.2 Å². The van der Waals surface area contributed by atoms with Crippen LogP contribution in [0.4, 0.5) is 0 Å². The van der Waals surface area contributed by atoms with Crippen LogP contribution in [0.25, 0.3) is 12.2 Å². The molecular formula is C24H24O11. The molecule has 0 radical (unpaired) electrons. The number of carbonyl (C=O) groups is 2. The number of aliphatic hydroxyl groups excluding tert-OH is 4. The minimum atomic E-state index is -1.60. The van der Waals surface area contributed by atoms with Crippen molar-refractivity contribution in [1.29, 1.82) is 0 Å². The van der Waals surface area contributed by atoms with Crippen molar-refractivity contribution in [2.45, 2.75) is 30.5 Å². The second-order valence-corrected chi connectivity index (χ2v) is 7.72. The molecule has 186 valence electrons. The number of carbonyl (C=O) groups excluding carboxylic acids is 1. The van der Waals surface area contributed by atoms with Crippen LogP contribution in [0.1, 0.15) is 22.8 Å². The Morgan fingerprint density at radius 1 is 0.886 bits per heavy atom. The predicted molar refractivity (Wildman–Crippen MR) is 120 cm³/mol. The lowest BCUT2D eigenvalue weighted by molar-refractivity contribution is -0.232. The summed E-state index contributed by atoms with van der Waals surface area (Å²) < 4.78 is 10.5. The van der Waals surface area contributed by atoms with Gasteiger partial charge in [0.15, 0.2) is 11.5 Å². The summed E-state index contributed by atoms with van der Waals surface area (Å²) in [5, 5.41) is 68.4. The SMILES string of the molecule is O=C(O)C=Cc1ccc(O)c(OC(=O)C=Cc2ccc(C3O[C@H](CO)[C@@H](O)[C@H](O)[C@H]3O)c(O)c2)c1. The third-order valence-corrected chi connectivity index (χ3v) is 5.28. The van der Waals surface area contributed by atoms with Gasteiger partial charge in [0.1, 0.15) is 36.3 Å². The van der Waals surface area contributed by atoms with Gasteiger partial charge < -0.3 is 45.2 Å². The van der Waals surface area contributed by atoms with Crippen LogP contribution in [0.15, 0.2) is 48.6 Å². The molecule has 1 heterocycles. The van der Waals surface area contributed by atoms with Crippen molar-refractivity contribution in [3.8, 4) is 17.2 Å². The zero-order chi connectivity index (χ0) is 25.7. The second kappa shape index (κ2) is 11.1. The number of hydrogen-bond donors (Lipinski definition) is 7. The lowest BCUT2D eigenvalue weighted by Crippen LogP contribution is -2.55. The molecule has 0 aliphatic carbocycles. The van der Waals surface area contributed by atoms with Crippen LogP contribution < -0.4 is 4.74 Å². The quantitative estimate of drug-likeness (QED) is 0.161. The number of carboxylic acid groups (broad SMARTS) is 1. The highest BCUT2D eigenvalue weighted by molar-refractivity contribution is 5.89. The third-order valence-electron chi connectivity index (χ3n) is 5.28. The Balaban J connectivity index is 1.71. The minimum absolute atomic E-state index is 0.0952. The van der Waals surface area contributed by atoms with Crippen LogP contribution >= 0.6 is 0 Å². The molecular weight excluding hydrogens is 464 g/mol. The van der Waals surface area contributed by atoms with Crippen molar-refractivity contribution in [2.24, 2.45) is 0 Å². The Bertz CT molecular complexity index is 1140. The van der Waals surface area contributed by atoms with Crippen LogP contribution in [0.2, 0.25) is 0 Å². The second-order valence-electron chi connectivity index (χ2n) is 7.72. The van der Waals surface area contributed by atoms with Crippen molar-refractivity contribution in [3.05, 3.63) is 65.2 Å². The predicted octanol–water partition coefficient (Wildman–Crippen LogP) is 0.329. The molecule has 5 atom stereocenters. The number of aliphatic hydroxyl groups is 4. The van der Waals surface area contributed by atoms with Gasteiger partial charge >= 0.3 is 11.9 Å². The van der Waals surface area contributed by atoms with Gasteiger partial charge in [-0.3, -0.25) is 0 Å². The zero-order valence-corrected chi connectivity index (χ0v) is 18.1. The first-order chi connectivity index (χ1) is 16.6. The topological polar surface area (TPSA) is 194 Å². The van der Waals surface area contributed by atoms with Gasteiger partial charge in [0.05, 0.1) is 6.61 Å². The lowest BCUT2D eigenvalue weighted by Gasteiger charge is -2.40. The zero-order valence-electron chi connectivity index (χ0n) is 18.1. The summed E-state index contributed by atoms with van der Waals surface area (Å²) in [6.45, 7) is -0.612. The number of aliphatic carboxylic acids is 1. The van der Waals surface area contributed by atoms with E-state index in [2.05, 4.69) is 0 Å². The van der Waals surface area contributed by atoms with Crippen molar-refractivity contribution >= 4 is 24.1 Å². The summed E-state index contributed by atoms with van der Waals surface area (Å²) in [5.74, 6) is -2.88. The summed E-state index contributed by atoms with van der Waals surface area (Å²) in [4.78, 5) is 22.8. The monoisotopic (exact) mass is 488 g/mol. The number of aromatic hydroxyl groups is 2. The highest BCUT2D eigenvalue weighted by atomic mass is 16.5. The van der Waals surface area contributed by atoms with E-state index < -0.39 is 49.1 Å². The number of hydrogen-bond acceptors (Lipinski definition) is 10. The van der Waals surface area contributed by atoms with Crippen LogP contribution in [0, 0.1) is 0 Å². The smallest absolute Gasteiger partial charge is 0.336 e. The summed E-state index contributed by atoms with van der Waals surface area (Å²) in [5.41, 5.74) is 0.832. The maximum absolute atomic E-state index is 12.2. The summed E-state index contributed by atoms with van der Waals surface area (Å²) in [7, 11) is 0. The van der Waals surface area contributed by atoms with Gasteiger partial charge in [-0.15, -0.1) is 0 Å². The van der Waals surface area contributed by atoms with Gasteiger partial charge in [-0.1, -0.05) is 18.2 Å². The molecule has 0 spiro atoms. The summed E-state index contributed by atoms with van der Waals surface area (Å²) in [6.07, 6.45) is -2.58. The van der Waals surface area contributed by atoms with Crippen molar-refractivity contribution < 1.29 is 54.8 Å². The van der Waals surface area contributed by atoms with Gasteiger partial charge in [-0.05, 0) is 41.5 Å². The largest absolute Gasteiger partial charge is 0.508 e. The van der Waals surface area contributed by atoms with Gasteiger partial charge in [0, 0.05) is 17.7 Å². The maximum atomic E-state index is 12.2. The van der Waals surface area contributed by atoms with Crippen LogP contribution in [-0.4, -0.2) is 78.7 Å². The summed E-state index contributed by atoms with van der Waals surface area (Å²) in [6, 6.07) is 8.08. The van der Waals surface area contributed by atoms with Crippen molar-refractivity contribution in [3.63, 3.8) is 0 Å². The molecule has 1 aliphatic rings. The molecule has 2 aromatic rings. The van der Waals surface area contributed by atoms with E-state index in [1.54, 1.807) is 0 Å². The molecule has 2 aromatic carbocycles. The number of benzene rings is 2. The molecule has 7 N–H and O–H groups in total. The standard InChI is InChI=1S/C24H24O11/c25-11-18-21(31)22(32)23(33)24(35-18)14-5-1-12(9-16(14)27)4-8-20(30)34-17-10-13(2-6-15(17)26)3-7-19(28)29/h1-10,18,21-27,31-33H,11H2,(H,28,29)/t18-,21-,22+,23-,24?/m1/s1. The molecule has 35 heavy (non-hydrogen) atoms. The van der Waals surface area contributed by atoms with Crippen molar-refractivity contribution in [2.75, 3.05) is 6.61 Å². The fourth-order valence-corrected chi connectivity index (χ4v) is 3.45. The average molecular weight is 488 g/mol. The molecule has 11 nitrogen and oxygen atoms in total. The molecule has 1 fully saturated rings. The summed E-state index contributed by atoms with van der Waals surface area (Å²) >= 11 is 0. The number of esters is 1. The van der Waals surface area contributed by atoms with Gasteiger partial charge in [0.25, 0.3) is 0 Å². The van der Waals surface area contributed by atoms with Crippen LogP contribution in [0.3, 0.4) is 0 Å². The van der Waals surface area contributed by atoms with Crippen molar-refractivity contribution in [1.82, 2.24) is 0 Å². The Kier molecular flexibility index (Phi) is 8.22. The molecule has 1 aliphatic heterocycles. The Morgan fingerprint density at radius 3 is 2.20 bits per heavy atom. The molecule has 11 heteroatoms. The Morgan fingerprint density at radius 2 is 1.54 bits per heavy atom. The fraction of sp³-hybridized carbons (Fsp3) is 0.250. The fourth-order valence-electron chi connectivity index (χ4n) is 3.45. The number of phenols is 2. The molecule has 1 unspecified atom stereocenters. The molecule has 0 bridgehead atoms. The van der Waals surface area contributed by atoms with Gasteiger partial charge in [0.2, 0.25) is 0 Å². The van der Waals surface area contributed by atoms with Crippen LogP contribution in [-0.2, 0) is 14.3 Å². The molecule has 0 aromatic heterocycles. The first-order valence-electron chi connectivity index (χ1n) is 10.4. The van der Waals surface area contributed by atoms with E-state index in [1.807, 2.05) is 0 Å². The van der Waals surface area contributed by atoms with Gasteiger partial charge in [-0.25, -0.2) is 9.59 Å². The normalized spacial score (nSPS) is 24.6. The van der Waals surface area contributed by atoms with Gasteiger partial charge in [-0.2, -0.15) is 0 Å². The molecule has 0 saturated carbocycles. The maximum Gasteiger partial charge on any atom is 0.336 e. The Labute approximate surface area is 199 Å². The first-order valence-corrected chi connectivity index (χ1v) is 10.4. The number of ether oxygens (including phenoxy) is 2. The third kappa shape index (κ3) is 6.23. The average Bonchev–Trinajstić information content (AvgIpc) is 2.82. The lowest BCUT2D eigenvalue weighted by atomic mass is 9.90. The Hall–Kier alpha value is -3.74. The van der Waals surface area contributed by atoms with E-state index >= 15 is 0 Å². The molecule has 3 rings (SSSR count). The van der Waals surface area contributed by atoms with E-state index in [1.165, 1.54) is 48.6 Å². The highest BCUT2D eigenvalue weighted by Gasteiger charge is 2.44. The van der Waals surface area contributed by atoms with E-state index in [4.69, 9.17) is 14.6 Å². The number of phenolic OH excluding ortho intramolecular Hbond substituents is 2. The molecule has 1 saturated heterocycles. The van der Waals surface area contributed by atoms with Crippen LogP contribution in [0.5, 0.6) is 17.2 Å². The van der Waals surface area contributed by atoms with E-state index in [-0.39, 0.29) is 22.8 Å². The van der Waals surface area contributed by atoms with E-state index in [0.717, 1.165) is 12.2 Å². The molecule has 0 amide bonds. The minimum Gasteiger partial charge on any atom is -0.508 e. The number of rotatable bonds is 7.